The van der Waals surface area contributed by atoms with Gasteiger partial charge in [-0.05, 0) is 41.5 Å². The first-order valence-corrected chi connectivity index (χ1v) is 13.3. The number of rotatable bonds is 9. The van der Waals surface area contributed by atoms with Gasteiger partial charge in [-0.2, -0.15) is 5.26 Å². The smallest absolute Gasteiger partial charge is 0.118 e. The Hall–Kier alpha value is -3.40. The summed E-state index contributed by atoms with van der Waals surface area (Å²) in [4.78, 5) is 4.84. The molecule has 0 saturated carbocycles. The van der Waals surface area contributed by atoms with Gasteiger partial charge in [0, 0.05) is 39.2 Å². The van der Waals surface area contributed by atoms with E-state index < -0.39 is 10.8 Å². The molecule has 0 spiro atoms. The Morgan fingerprint density at radius 1 is 0.941 bits per heavy atom. The largest absolute Gasteiger partial charge is 0.497 e. The average molecular weight is 485 g/mol. The molecule has 0 bridgehead atoms. The molecule has 4 aromatic rings. The number of hydrogen-bond donors (Lipinski definition) is 0. The van der Waals surface area contributed by atoms with Crippen molar-refractivity contribution in [2.45, 2.75) is 10.8 Å². The Labute approximate surface area is 207 Å². The maximum Gasteiger partial charge on any atom is 0.118 e. The highest BCUT2D eigenvalue weighted by Crippen LogP contribution is 2.34. The quantitative estimate of drug-likeness (QED) is 0.260. The first-order valence-electron chi connectivity index (χ1n) is 10.8. The summed E-state index contributed by atoms with van der Waals surface area (Å²) >= 11 is 1.48. The number of ether oxygens (including phenoxy) is 1. The molecular weight excluding hydrogens is 460 g/mol. The average Bonchev–Trinajstić information content (AvgIpc) is 2.89. The number of pyridine rings is 1. The Morgan fingerprint density at radius 2 is 1.62 bits per heavy atom. The van der Waals surface area contributed by atoms with E-state index in [0.29, 0.717) is 27.8 Å². The van der Waals surface area contributed by atoms with Crippen LogP contribution in [0.3, 0.4) is 0 Å². The molecule has 6 heteroatoms. The number of benzene rings is 3. The van der Waals surface area contributed by atoms with Gasteiger partial charge < -0.3 is 4.74 Å². The van der Waals surface area contributed by atoms with E-state index in [-0.39, 0.29) is 0 Å². The molecule has 4 nitrogen and oxygen atoms in total. The van der Waals surface area contributed by atoms with Gasteiger partial charge in [-0.15, -0.1) is 11.8 Å². The fraction of sp³-hybridized carbons (Fsp3) is 0.143. The molecule has 3 aromatic carbocycles. The minimum absolute atomic E-state index is 0.527. The highest BCUT2D eigenvalue weighted by Gasteiger charge is 2.16. The summed E-state index contributed by atoms with van der Waals surface area (Å²) in [5.41, 5.74) is 5.14. The second-order valence-electron chi connectivity index (χ2n) is 7.56. The van der Waals surface area contributed by atoms with E-state index in [1.165, 1.54) is 11.8 Å². The minimum Gasteiger partial charge on any atom is -0.497 e. The van der Waals surface area contributed by atoms with Crippen molar-refractivity contribution < 1.29 is 8.95 Å². The van der Waals surface area contributed by atoms with Gasteiger partial charge >= 0.3 is 0 Å². The van der Waals surface area contributed by atoms with Gasteiger partial charge in [-0.25, -0.2) is 4.98 Å². The lowest BCUT2D eigenvalue weighted by Gasteiger charge is -2.13. The summed E-state index contributed by atoms with van der Waals surface area (Å²) in [6.45, 7) is 0. The first kappa shape index (κ1) is 23.7. The van der Waals surface area contributed by atoms with Crippen molar-refractivity contribution in [3.63, 3.8) is 0 Å². The number of thioether (sulfide) groups is 1. The minimum atomic E-state index is -0.985. The zero-order chi connectivity index (χ0) is 23.8. The van der Waals surface area contributed by atoms with E-state index in [1.807, 2.05) is 91.0 Å². The van der Waals surface area contributed by atoms with Crippen LogP contribution >= 0.6 is 11.8 Å². The van der Waals surface area contributed by atoms with E-state index in [2.05, 4.69) is 6.07 Å². The molecule has 0 N–H and O–H groups in total. The first-order chi connectivity index (χ1) is 16.7. The molecule has 0 aliphatic carbocycles. The van der Waals surface area contributed by atoms with E-state index in [1.54, 1.807) is 7.11 Å². The Balaban J connectivity index is 1.62. The monoisotopic (exact) mass is 484 g/mol. The Morgan fingerprint density at radius 3 is 2.26 bits per heavy atom. The van der Waals surface area contributed by atoms with Crippen molar-refractivity contribution >= 4 is 22.6 Å². The number of nitrogens with zero attached hydrogens (tertiary/aromatic N) is 2. The van der Waals surface area contributed by atoms with Crippen LogP contribution in [0.4, 0.5) is 0 Å². The Kier molecular flexibility index (Phi) is 8.13. The standard InChI is InChI=1S/C28H24N2O2S2/c1-32-24-14-12-23(13-15-24)27-18-25(22-10-6-3-7-11-22)26(19-29)28(30-27)33-16-17-34(31)20-21-8-4-2-5-9-21/h2-15,18H,16-17,20H2,1H3/t34-/m1/s1. The highest BCUT2D eigenvalue weighted by molar-refractivity contribution is 8.00. The van der Waals surface area contributed by atoms with E-state index in [0.717, 1.165) is 33.7 Å². The predicted molar refractivity (Wildman–Crippen MR) is 140 cm³/mol. The fourth-order valence-corrected chi connectivity index (χ4v) is 5.99. The van der Waals surface area contributed by atoms with Crippen LogP contribution in [-0.4, -0.2) is 27.8 Å². The molecule has 34 heavy (non-hydrogen) atoms. The lowest BCUT2D eigenvalue weighted by Crippen LogP contribution is -2.04. The summed E-state index contributed by atoms with van der Waals surface area (Å²) in [5.74, 6) is 2.44. The van der Waals surface area contributed by atoms with Crippen LogP contribution in [0, 0.1) is 11.3 Å². The number of methoxy groups -OCH3 is 1. The van der Waals surface area contributed by atoms with Crippen LogP contribution in [0.1, 0.15) is 11.1 Å². The van der Waals surface area contributed by atoms with E-state index >= 15 is 0 Å². The molecule has 1 aromatic heterocycles. The maximum atomic E-state index is 12.6. The predicted octanol–water partition coefficient (Wildman–Crippen LogP) is 6.34. The molecule has 0 aliphatic rings. The zero-order valence-electron chi connectivity index (χ0n) is 18.8. The molecule has 0 fully saturated rings. The molecular formula is C28H24N2O2S2. The normalized spacial score (nSPS) is 11.5. The number of aromatic nitrogens is 1. The maximum absolute atomic E-state index is 12.6. The molecule has 0 saturated heterocycles. The SMILES string of the molecule is COc1ccc(-c2cc(-c3ccccc3)c(C#N)c(SCC[S@@](=O)Cc3ccccc3)n2)cc1. The Bertz CT molecular complexity index is 1300. The van der Waals surface area contributed by atoms with Gasteiger partial charge in [-0.1, -0.05) is 60.7 Å². The van der Waals surface area contributed by atoms with Gasteiger partial charge in [-0.3, -0.25) is 4.21 Å². The van der Waals surface area contributed by atoms with Crippen LogP contribution in [0.25, 0.3) is 22.4 Å². The van der Waals surface area contributed by atoms with Crippen molar-refractivity contribution in [1.82, 2.24) is 4.98 Å². The van der Waals surface area contributed by atoms with E-state index in [4.69, 9.17) is 9.72 Å². The third kappa shape index (κ3) is 5.93. The van der Waals surface area contributed by atoms with Crippen LogP contribution in [0.2, 0.25) is 0 Å². The highest BCUT2D eigenvalue weighted by atomic mass is 32.2. The van der Waals surface area contributed by atoms with Gasteiger partial charge in [0.25, 0.3) is 0 Å². The van der Waals surface area contributed by atoms with Crippen LogP contribution < -0.4 is 4.74 Å². The third-order valence-electron chi connectivity index (χ3n) is 5.29. The van der Waals surface area contributed by atoms with Crippen LogP contribution in [0.5, 0.6) is 5.75 Å². The summed E-state index contributed by atoms with van der Waals surface area (Å²) in [7, 11) is 0.653. The van der Waals surface area contributed by atoms with Gasteiger partial charge in [0.1, 0.15) is 16.8 Å². The molecule has 0 radical (unpaired) electrons. The van der Waals surface area contributed by atoms with Crippen molar-refractivity contribution in [3.8, 4) is 34.2 Å². The van der Waals surface area contributed by atoms with Crippen molar-refractivity contribution in [2.24, 2.45) is 0 Å². The molecule has 0 aliphatic heterocycles. The molecule has 0 amide bonds. The van der Waals surface area contributed by atoms with Crippen LogP contribution in [0.15, 0.2) is 96.0 Å². The van der Waals surface area contributed by atoms with Gasteiger partial charge in [0.2, 0.25) is 0 Å². The van der Waals surface area contributed by atoms with Crippen molar-refractivity contribution in [2.75, 3.05) is 18.6 Å². The zero-order valence-corrected chi connectivity index (χ0v) is 20.4. The lowest BCUT2D eigenvalue weighted by atomic mass is 9.99. The molecule has 4 rings (SSSR count). The fourth-order valence-electron chi connectivity index (χ4n) is 3.55. The number of hydrogen-bond acceptors (Lipinski definition) is 5. The summed E-state index contributed by atoms with van der Waals surface area (Å²) in [5, 5.41) is 10.7. The molecule has 170 valence electrons. The molecule has 1 heterocycles. The third-order valence-corrected chi connectivity index (χ3v) is 7.84. The summed E-state index contributed by atoms with van der Waals surface area (Å²) < 4.78 is 17.9. The molecule has 1 atom stereocenters. The summed E-state index contributed by atoms with van der Waals surface area (Å²) in [6.07, 6.45) is 0. The van der Waals surface area contributed by atoms with Gasteiger partial charge in [0.05, 0.1) is 18.4 Å². The summed E-state index contributed by atoms with van der Waals surface area (Å²) in [6, 6.07) is 31.8. The van der Waals surface area contributed by atoms with E-state index in [9.17, 15) is 9.47 Å². The second-order valence-corrected chi connectivity index (χ2v) is 10.2. The molecule has 0 unspecified atom stereocenters. The van der Waals surface area contributed by atoms with Crippen LogP contribution in [-0.2, 0) is 16.6 Å². The lowest BCUT2D eigenvalue weighted by molar-refractivity contribution is 0.415. The topological polar surface area (TPSA) is 63.0 Å². The van der Waals surface area contributed by atoms with Crippen molar-refractivity contribution in [3.05, 3.63) is 102 Å². The van der Waals surface area contributed by atoms with Crippen molar-refractivity contribution in [1.29, 1.82) is 5.26 Å². The van der Waals surface area contributed by atoms with Gasteiger partial charge in [0.15, 0.2) is 0 Å². The second kappa shape index (κ2) is 11.6. The number of nitriles is 1.